The van der Waals surface area contributed by atoms with Gasteiger partial charge in [-0.1, -0.05) is 36.4 Å². The molecule has 1 aromatic heterocycles. The molecule has 0 radical (unpaired) electrons. The molecule has 4 aromatic rings. The van der Waals surface area contributed by atoms with Crippen molar-refractivity contribution in [1.29, 1.82) is 0 Å². The molecule has 46 heavy (non-hydrogen) atoms. The second-order valence-electron chi connectivity index (χ2n) is 10.4. The van der Waals surface area contributed by atoms with E-state index in [4.69, 9.17) is 9.47 Å². The third-order valence-corrected chi connectivity index (χ3v) is 7.64. The first-order valence-corrected chi connectivity index (χ1v) is 15.1. The molecule has 0 aliphatic heterocycles. The number of nitrogens with zero attached hydrogens (tertiary/aromatic N) is 1. The predicted molar refractivity (Wildman–Crippen MR) is 168 cm³/mol. The molecular formula is C34H31F3N2O6S. The molecule has 0 fully saturated rings. The van der Waals surface area contributed by atoms with Crippen LogP contribution in [-0.2, 0) is 31.7 Å². The Labute approximate surface area is 267 Å². The maximum Gasteiger partial charge on any atom is 0.416 e. The molecule has 0 saturated heterocycles. The minimum atomic E-state index is -4.50. The number of nitrogens with one attached hydrogen (secondary N) is 1. The van der Waals surface area contributed by atoms with Crippen LogP contribution in [-0.4, -0.2) is 56.0 Å². The molecule has 0 aliphatic carbocycles. The van der Waals surface area contributed by atoms with Crippen molar-refractivity contribution >= 4 is 40.8 Å². The maximum absolute atomic E-state index is 13.5. The number of ether oxygens (including phenoxy) is 2. The van der Waals surface area contributed by atoms with Gasteiger partial charge in [-0.2, -0.15) is 24.5 Å². The molecule has 4 rings (SSSR count). The number of halogens is 3. The van der Waals surface area contributed by atoms with E-state index in [0.29, 0.717) is 22.3 Å². The molecule has 0 saturated carbocycles. The van der Waals surface area contributed by atoms with Gasteiger partial charge in [0.1, 0.15) is 12.5 Å². The van der Waals surface area contributed by atoms with E-state index < -0.39 is 41.4 Å². The minimum absolute atomic E-state index is 0.110. The zero-order chi connectivity index (χ0) is 33.4. The van der Waals surface area contributed by atoms with Crippen LogP contribution in [0.4, 0.5) is 18.9 Å². The normalized spacial score (nSPS) is 11.8. The number of rotatable bonds is 11. The van der Waals surface area contributed by atoms with Crippen molar-refractivity contribution in [3.8, 4) is 11.1 Å². The SMILES string of the molecule is CCOC(=O)C(COC(=O)Cc1ccc(NC(=O)c2ccccc2-c2ccc(C(F)(F)F)cc2)c(C(=O)N(C)C)c1)c1ccsc1. The Balaban J connectivity index is 1.53. The molecule has 0 spiro atoms. The second kappa shape index (κ2) is 14.9. The van der Waals surface area contributed by atoms with Gasteiger partial charge in [0.05, 0.1) is 29.8 Å². The third-order valence-electron chi connectivity index (χ3n) is 6.94. The molecule has 3 aromatic carbocycles. The van der Waals surface area contributed by atoms with Crippen LogP contribution in [0.15, 0.2) is 83.6 Å². The second-order valence-corrected chi connectivity index (χ2v) is 11.2. The highest BCUT2D eigenvalue weighted by atomic mass is 32.1. The number of alkyl halides is 3. The first-order chi connectivity index (χ1) is 21.9. The average Bonchev–Trinajstić information content (AvgIpc) is 3.56. The maximum atomic E-state index is 13.5. The summed E-state index contributed by atoms with van der Waals surface area (Å²) in [6.07, 6.45) is -4.71. The highest BCUT2D eigenvalue weighted by Crippen LogP contribution is 2.32. The smallest absolute Gasteiger partial charge is 0.416 e. The van der Waals surface area contributed by atoms with Crippen LogP contribution in [0.5, 0.6) is 0 Å². The Bertz CT molecular complexity index is 1700. The monoisotopic (exact) mass is 652 g/mol. The lowest BCUT2D eigenvalue weighted by Crippen LogP contribution is -2.25. The summed E-state index contributed by atoms with van der Waals surface area (Å²) in [5.41, 5.74) is 1.56. The van der Waals surface area contributed by atoms with Gasteiger partial charge < -0.3 is 19.7 Å². The van der Waals surface area contributed by atoms with Gasteiger partial charge in [-0.15, -0.1) is 0 Å². The fourth-order valence-corrected chi connectivity index (χ4v) is 5.31. The topological polar surface area (TPSA) is 102 Å². The average molecular weight is 653 g/mol. The molecule has 1 unspecified atom stereocenters. The Morgan fingerprint density at radius 3 is 2.26 bits per heavy atom. The van der Waals surface area contributed by atoms with Gasteiger partial charge in [-0.25, -0.2) is 0 Å². The van der Waals surface area contributed by atoms with Crippen LogP contribution in [0, 0.1) is 0 Å². The molecule has 1 atom stereocenters. The van der Waals surface area contributed by atoms with Crippen molar-refractivity contribution < 1.29 is 41.8 Å². The van der Waals surface area contributed by atoms with Crippen molar-refractivity contribution in [3.05, 3.63) is 111 Å². The molecule has 1 heterocycles. The summed E-state index contributed by atoms with van der Waals surface area (Å²) in [7, 11) is 3.07. The summed E-state index contributed by atoms with van der Waals surface area (Å²) >= 11 is 1.40. The summed E-state index contributed by atoms with van der Waals surface area (Å²) in [6, 6.07) is 17.2. The van der Waals surface area contributed by atoms with Crippen molar-refractivity contribution in [3.63, 3.8) is 0 Å². The van der Waals surface area contributed by atoms with Gasteiger partial charge in [-0.05, 0) is 76.3 Å². The summed E-state index contributed by atoms with van der Waals surface area (Å²) in [5.74, 6) is -2.94. The van der Waals surface area contributed by atoms with Gasteiger partial charge in [0.2, 0.25) is 0 Å². The number of esters is 2. The Morgan fingerprint density at radius 2 is 1.63 bits per heavy atom. The van der Waals surface area contributed by atoms with Crippen LogP contribution in [0.2, 0.25) is 0 Å². The van der Waals surface area contributed by atoms with Gasteiger partial charge in [0.15, 0.2) is 0 Å². The van der Waals surface area contributed by atoms with Gasteiger partial charge in [0.25, 0.3) is 11.8 Å². The van der Waals surface area contributed by atoms with E-state index in [9.17, 15) is 32.3 Å². The summed E-state index contributed by atoms with van der Waals surface area (Å²) < 4.78 is 49.8. The number of carbonyl (C=O) groups is 4. The van der Waals surface area contributed by atoms with Gasteiger partial charge in [-0.3, -0.25) is 19.2 Å². The largest absolute Gasteiger partial charge is 0.465 e. The highest BCUT2D eigenvalue weighted by molar-refractivity contribution is 7.08. The molecule has 2 amide bonds. The van der Waals surface area contributed by atoms with E-state index in [-0.39, 0.29) is 36.4 Å². The van der Waals surface area contributed by atoms with Crippen LogP contribution in [0.3, 0.4) is 0 Å². The van der Waals surface area contributed by atoms with Crippen molar-refractivity contribution in [2.45, 2.75) is 25.4 Å². The zero-order valence-corrected chi connectivity index (χ0v) is 26.0. The third kappa shape index (κ3) is 8.39. The van der Waals surface area contributed by atoms with Gasteiger partial charge >= 0.3 is 18.1 Å². The lowest BCUT2D eigenvalue weighted by atomic mass is 9.97. The fourth-order valence-electron chi connectivity index (χ4n) is 4.60. The summed E-state index contributed by atoms with van der Waals surface area (Å²) in [6.45, 7) is 1.65. The van der Waals surface area contributed by atoms with Crippen molar-refractivity contribution in [2.75, 3.05) is 32.6 Å². The predicted octanol–water partition coefficient (Wildman–Crippen LogP) is 6.82. The molecule has 12 heteroatoms. The lowest BCUT2D eigenvalue weighted by molar-refractivity contribution is -0.150. The number of hydrogen-bond donors (Lipinski definition) is 1. The minimum Gasteiger partial charge on any atom is -0.465 e. The van der Waals surface area contributed by atoms with E-state index in [1.807, 2.05) is 0 Å². The molecule has 0 bridgehead atoms. The first-order valence-electron chi connectivity index (χ1n) is 14.2. The Morgan fingerprint density at radius 1 is 0.913 bits per heavy atom. The van der Waals surface area contributed by atoms with E-state index in [2.05, 4.69) is 5.32 Å². The molecule has 8 nitrogen and oxygen atoms in total. The Hall–Kier alpha value is -4.97. The Kier molecular flexibility index (Phi) is 11.0. The van der Waals surface area contributed by atoms with E-state index in [1.54, 1.807) is 48.0 Å². The number of thiophene rings is 1. The van der Waals surface area contributed by atoms with Crippen molar-refractivity contribution in [1.82, 2.24) is 4.90 Å². The standard InChI is InChI=1S/C34H31F3N2O6S/c1-4-44-33(43)28(23-15-16-46-20-23)19-45-30(40)18-21-9-14-29(27(17-21)32(42)39(2)3)38-31(41)26-8-6-5-7-25(26)22-10-12-24(13-11-22)34(35,36)37/h5-17,20,28H,4,18-19H2,1-3H3,(H,38,41). The summed E-state index contributed by atoms with van der Waals surface area (Å²) in [4.78, 5) is 53.1. The first kappa shape index (κ1) is 33.9. The lowest BCUT2D eigenvalue weighted by Gasteiger charge is -2.18. The number of hydrogen-bond acceptors (Lipinski definition) is 7. The van der Waals surface area contributed by atoms with Gasteiger partial charge in [0, 0.05) is 19.7 Å². The highest BCUT2D eigenvalue weighted by Gasteiger charge is 2.30. The van der Waals surface area contributed by atoms with Crippen LogP contribution in [0.25, 0.3) is 11.1 Å². The van der Waals surface area contributed by atoms with Crippen LogP contribution < -0.4 is 5.32 Å². The van der Waals surface area contributed by atoms with E-state index >= 15 is 0 Å². The number of carbonyl (C=O) groups excluding carboxylic acids is 4. The van der Waals surface area contributed by atoms with E-state index in [0.717, 1.165) is 12.1 Å². The van der Waals surface area contributed by atoms with Crippen LogP contribution >= 0.6 is 11.3 Å². The molecular weight excluding hydrogens is 621 g/mol. The molecule has 0 aliphatic rings. The number of anilines is 1. The zero-order valence-electron chi connectivity index (χ0n) is 25.2. The number of benzene rings is 3. The summed E-state index contributed by atoms with van der Waals surface area (Å²) in [5, 5.41) is 6.32. The van der Waals surface area contributed by atoms with Crippen LogP contribution in [0.1, 0.15) is 50.2 Å². The molecule has 240 valence electrons. The quantitative estimate of drug-likeness (QED) is 0.179. The fraction of sp³-hybridized carbons (Fsp3) is 0.235. The van der Waals surface area contributed by atoms with E-state index in [1.165, 1.54) is 60.7 Å². The number of amides is 2. The van der Waals surface area contributed by atoms with Crippen molar-refractivity contribution in [2.24, 2.45) is 0 Å². The molecule has 1 N–H and O–H groups in total.